The first-order chi connectivity index (χ1) is 11.5. The van der Waals surface area contributed by atoms with Crippen LogP contribution in [0.3, 0.4) is 0 Å². The predicted molar refractivity (Wildman–Crippen MR) is 105 cm³/mol. The molecule has 6 heteroatoms. The lowest BCUT2D eigenvalue weighted by molar-refractivity contribution is 0.584. The summed E-state index contributed by atoms with van der Waals surface area (Å²) in [7, 11) is 0. The largest absolute Gasteiger partial charge is 0.443 e. The zero-order chi connectivity index (χ0) is 16.8. The Kier molecular flexibility index (Phi) is 4.27. The smallest absolute Gasteiger partial charge is 0.212 e. The molecule has 24 heavy (non-hydrogen) atoms. The van der Waals surface area contributed by atoms with Gasteiger partial charge in [-0.25, -0.2) is 0 Å². The summed E-state index contributed by atoms with van der Waals surface area (Å²) >= 11 is 25.7. The molecule has 0 aliphatic rings. The van der Waals surface area contributed by atoms with Gasteiger partial charge in [0.25, 0.3) is 0 Å². The Morgan fingerprint density at radius 2 is 1.62 bits per heavy atom. The molecule has 0 fully saturated rings. The van der Waals surface area contributed by atoms with Crippen molar-refractivity contribution in [2.75, 3.05) is 0 Å². The molecular formula is C18H8Cl4OS. The standard InChI is InChI=1S/C18H8Cl4OS/c19-13-7-15(23-17(13)21)10-5-9-3-1-2-4-11(9)12(6-10)16-8-14(20)18(22)24-16/h1-8H. The van der Waals surface area contributed by atoms with Gasteiger partial charge in [-0.2, -0.15) is 0 Å². The molecular weight excluding hydrogens is 406 g/mol. The summed E-state index contributed by atoms with van der Waals surface area (Å²) in [6, 6.07) is 15.8. The van der Waals surface area contributed by atoms with Crippen molar-refractivity contribution in [1.82, 2.24) is 0 Å². The molecule has 1 nitrogen and oxygen atoms in total. The van der Waals surface area contributed by atoms with Crippen LogP contribution in [-0.2, 0) is 0 Å². The van der Waals surface area contributed by atoms with E-state index in [0.717, 1.165) is 26.8 Å². The van der Waals surface area contributed by atoms with E-state index in [9.17, 15) is 0 Å². The zero-order valence-electron chi connectivity index (χ0n) is 11.9. The number of fused-ring (bicyclic) bond motifs is 1. The van der Waals surface area contributed by atoms with Gasteiger partial charge in [0.15, 0.2) is 0 Å². The van der Waals surface area contributed by atoms with E-state index in [1.54, 1.807) is 6.07 Å². The number of hydrogen-bond acceptors (Lipinski definition) is 2. The molecule has 0 unspecified atom stereocenters. The maximum atomic E-state index is 6.14. The van der Waals surface area contributed by atoms with Gasteiger partial charge < -0.3 is 4.42 Å². The van der Waals surface area contributed by atoms with Crippen molar-refractivity contribution >= 4 is 68.5 Å². The van der Waals surface area contributed by atoms with Gasteiger partial charge in [0.05, 0.1) is 10.0 Å². The molecule has 4 aromatic rings. The zero-order valence-corrected chi connectivity index (χ0v) is 15.8. The van der Waals surface area contributed by atoms with Gasteiger partial charge in [-0.15, -0.1) is 11.3 Å². The average molecular weight is 414 g/mol. The molecule has 0 saturated heterocycles. The summed E-state index contributed by atoms with van der Waals surface area (Å²) in [6.07, 6.45) is 0. The van der Waals surface area contributed by atoms with Crippen LogP contribution in [0.25, 0.3) is 32.5 Å². The molecule has 0 atom stereocenters. The number of rotatable bonds is 2. The Bertz CT molecular complexity index is 1030. The highest BCUT2D eigenvalue weighted by molar-refractivity contribution is 7.20. The minimum absolute atomic E-state index is 0.184. The Morgan fingerprint density at radius 3 is 2.29 bits per heavy atom. The van der Waals surface area contributed by atoms with E-state index < -0.39 is 0 Å². The fraction of sp³-hybridized carbons (Fsp3) is 0. The van der Waals surface area contributed by atoms with E-state index in [2.05, 4.69) is 6.07 Å². The minimum atomic E-state index is 0.184. The monoisotopic (exact) mass is 412 g/mol. The number of hydrogen-bond donors (Lipinski definition) is 0. The first-order valence-electron chi connectivity index (χ1n) is 6.96. The Balaban J connectivity index is 2.00. The molecule has 2 aromatic carbocycles. The highest BCUT2D eigenvalue weighted by Crippen LogP contribution is 2.43. The first-order valence-corrected chi connectivity index (χ1v) is 9.29. The van der Waals surface area contributed by atoms with Crippen LogP contribution in [0, 0.1) is 0 Å². The second kappa shape index (κ2) is 6.29. The predicted octanol–water partition coefficient (Wildman–Crippen LogP) is 8.44. The molecule has 0 aliphatic heterocycles. The highest BCUT2D eigenvalue weighted by atomic mass is 35.5. The molecule has 0 bridgehead atoms. The van der Waals surface area contributed by atoms with Crippen LogP contribution in [0.1, 0.15) is 0 Å². The van der Waals surface area contributed by atoms with Gasteiger partial charge in [0, 0.05) is 22.1 Å². The van der Waals surface area contributed by atoms with Crippen molar-refractivity contribution in [3.63, 3.8) is 0 Å². The lowest BCUT2D eigenvalue weighted by Gasteiger charge is -2.08. The second-order valence-corrected chi connectivity index (χ2v) is 8.02. The Hall–Kier alpha value is -1.16. The molecule has 120 valence electrons. The van der Waals surface area contributed by atoms with E-state index in [0.29, 0.717) is 20.1 Å². The lowest BCUT2D eigenvalue weighted by Crippen LogP contribution is -1.82. The average Bonchev–Trinajstić information content (AvgIpc) is 3.09. The molecule has 0 aliphatic carbocycles. The maximum Gasteiger partial charge on any atom is 0.212 e. The van der Waals surface area contributed by atoms with Gasteiger partial charge in [-0.1, -0.05) is 59.1 Å². The molecule has 4 rings (SSSR count). The molecule has 0 radical (unpaired) electrons. The number of benzene rings is 2. The fourth-order valence-corrected chi connectivity index (χ4v) is 4.30. The molecule has 0 saturated carbocycles. The lowest BCUT2D eigenvalue weighted by atomic mass is 9.99. The van der Waals surface area contributed by atoms with Crippen LogP contribution in [0.2, 0.25) is 19.6 Å². The third-order valence-electron chi connectivity index (χ3n) is 3.70. The quantitative estimate of drug-likeness (QED) is 0.321. The van der Waals surface area contributed by atoms with Crippen LogP contribution in [0.4, 0.5) is 0 Å². The van der Waals surface area contributed by atoms with Crippen molar-refractivity contribution in [2.45, 2.75) is 0 Å². The van der Waals surface area contributed by atoms with Gasteiger partial charge in [-0.05, 0) is 40.6 Å². The van der Waals surface area contributed by atoms with Crippen molar-refractivity contribution < 1.29 is 4.42 Å². The van der Waals surface area contributed by atoms with Crippen LogP contribution in [0.5, 0.6) is 0 Å². The molecule has 0 N–H and O–H groups in total. The highest BCUT2D eigenvalue weighted by Gasteiger charge is 2.15. The number of halogens is 4. The van der Waals surface area contributed by atoms with Crippen molar-refractivity contribution in [3.05, 3.63) is 68.1 Å². The molecule has 2 heterocycles. The first kappa shape index (κ1) is 16.3. The van der Waals surface area contributed by atoms with Crippen LogP contribution >= 0.6 is 57.7 Å². The molecule has 0 spiro atoms. The van der Waals surface area contributed by atoms with E-state index >= 15 is 0 Å². The molecule has 2 aromatic heterocycles. The Labute approximate surface area is 162 Å². The summed E-state index contributed by atoms with van der Waals surface area (Å²) in [5, 5.41) is 3.32. The van der Waals surface area contributed by atoms with Crippen LogP contribution in [-0.4, -0.2) is 0 Å². The van der Waals surface area contributed by atoms with Gasteiger partial charge >= 0.3 is 0 Å². The van der Waals surface area contributed by atoms with Gasteiger partial charge in [-0.3, -0.25) is 0 Å². The van der Waals surface area contributed by atoms with Crippen LogP contribution in [0.15, 0.2) is 52.9 Å². The van der Waals surface area contributed by atoms with E-state index in [1.165, 1.54) is 11.3 Å². The molecule has 0 amide bonds. The topological polar surface area (TPSA) is 13.1 Å². The normalized spacial score (nSPS) is 11.3. The van der Waals surface area contributed by atoms with E-state index in [-0.39, 0.29) is 5.22 Å². The fourth-order valence-electron chi connectivity index (χ4n) is 2.62. The van der Waals surface area contributed by atoms with Gasteiger partial charge in [0.1, 0.15) is 10.1 Å². The number of thiophene rings is 1. The minimum Gasteiger partial charge on any atom is -0.443 e. The van der Waals surface area contributed by atoms with Gasteiger partial charge in [0.2, 0.25) is 5.22 Å². The van der Waals surface area contributed by atoms with Crippen LogP contribution < -0.4 is 0 Å². The third kappa shape index (κ3) is 2.83. The number of furan rings is 1. The van der Waals surface area contributed by atoms with Crippen molar-refractivity contribution in [3.8, 4) is 21.8 Å². The van der Waals surface area contributed by atoms with Crippen molar-refractivity contribution in [2.24, 2.45) is 0 Å². The summed E-state index contributed by atoms with van der Waals surface area (Å²) in [5.41, 5.74) is 1.92. The summed E-state index contributed by atoms with van der Waals surface area (Å²) in [6.45, 7) is 0. The Morgan fingerprint density at radius 1 is 0.833 bits per heavy atom. The van der Waals surface area contributed by atoms with E-state index in [1.807, 2.05) is 36.4 Å². The maximum absolute atomic E-state index is 6.14. The third-order valence-corrected chi connectivity index (χ3v) is 6.26. The summed E-state index contributed by atoms with van der Waals surface area (Å²) in [5.74, 6) is 0.616. The summed E-state index contributed by atoms with van der Waals surface area (Å²) < 4.78 is 6.13. The van der Waals surface area contributed by atoms with E-state index in [4.69, 9.17) is 50.8 Å². The second-order valence-electron chi connectivity index (χ2n) is 5.21. The SMILES string of the molecule is Clc1cc(-c2cc(-c3cc(Cl)c(Cl)s3)c3ccccc3c2)oc1Cl. The summed E-state index contributed by atoms with van der Waals surface area (Å²) in [4.78, 5) is 0.992. The van der Waals surface area contributed by atoms with Crippen molar-refractivity contribution in [1.29, 1.82) is 0 Å².